The highest BCUT2D eigenvalue weighted by atomic mass is 79.9. The van der Waals surface area contributed by atoms with E-state index in [1.54, 1.807) is 0 Å². The second kappa shape index (κ2) is 6.36. The van der Waals surface area contributed by atoms with E-state index in [2.05, 4.69) is 21.2 Å². The van der Waals surface area contributed by atoms with Gasteiger partial charge in [-0.3, -0.25) is 4.79 Å². The van der Waals surface area contributed by atoms with Gasteiger partial charge in [0.25, 0.3) is 5.91 Å². The van der Waals surface area contributed by atoms with Crippen LogP contribution in [-0.4, -0.2) is 16.8 Å². The minimum absolute atomic E-state index is 0.00351. The smallest absolute Gasteiger partial charge is 0.253 e. The first-order chi connectivity index (χ1) is 7.91. The maximum absolute atomic E-state index is 13.2. The molecule has 17 heavy (non-hydrogen) atoms. The van der Waals surface area contributed by atoms with Gasteiger partial charge in [0.15, 0.2) is 0 Å². The second-order valence-corrected chi connectivity index (χ2v) is 5.93. The molecule has 1 rings (SSSR count). The molecule has 0 aliphatic rings. The molecule has 0 bridgehead atoms. The van der Waals surface area contributed by atoms with Gasteiger partial charge in [0.05, 0.1) is 10.6 Å². The average molecular weight is 323 g/mol. The van der Waals surface area contributed by atoms with E-state index in [-0.39, 0.29) is 22.5 Å². The van der Waals surface area contributed by atoms with Gasteiger partial charge >= 0.3 is 0 Å². The minimum Gasteiger partial charge on any atom is -0.349 e. The van der Waals surface area contributed by atoms with Crippen LogP contribution < -0.4 is 5.32 Å². The van der Waals surface area contributed by atoms with Gasteiger partial charge < -0.3 is 5.32 Å². The number of hydrogen-bond acceptors (Lipinski definition) is 1. The van der Waals surface area contributed by atoms with Crippen LogP contribution in [0.3, 0.4) is 0 Å². The molecule has 1 N–H and O–H groups in total. The van der Waals surface area contributed by atoms with Crippen LogP contribution in [0.15, 0.2) is 18.2 Å². The molecule has 0 aliphatic heterocycles. The van der Waals surface area contributed by atoms with E-state index in [0.29, 0.717) is 4.83 Å². The number of rotatable bonds is 4. The first-order valence-electron chi connectivity index (χ1n) is 5.30. The molecular formula is C12H14BrClFNO. The third-order valence-electron chi connectivity index (χ3n) is 2.25. The summed E-state index contributed by atoms with van der Waals surface area (Å²) < 4.78 is 13.2. The normalized spacial score (nSPS) is 14.2. The maximum Gasteiger partial charge on any atom is 0.253 e. The third-order valence-corrected chi connectivity index (χ3v) is 3.01. The third kappa shape index (κ3) is 4.28. The molecule has 2 atom stereocenters. The van der Waals surface area contributed by atoms with Crippen molar-refractivity contribution in [3.8, 4) is 0 Å². The predicted octanol–water partition coefficient (Wildman–Crippen LogP) is 3.77. The van der Waals surface area contributed by atoms with E-state index in [9.17, 15) is 9.18 Å². The van der Waals surface area contributed by atoms with Gasteiger partial charge in [0, 0.05) is 10.9 Å². The molecule has 0 saturated heterocycles. The number of carbonyl (C=O) groups excluding carboxylic acids is 1. The Morgan fingerprint density at radius 3 is 2.76 bits per heavy atom. The fraction of sp³-hybridized carbons (Fsp3) is 0.417. The van der Waals surface area contributed by atoms with Gasteiger partial charge in [0.1, 0.15) is 5.82 Å². The summed E-state index contributed by atoms with van der Waals surface area (Å²) in [5, 5.41) is 2.64. The Balaban J connectivity index is 2.73. The van der Waals surface area contributed by atoms with Crippen LogP contribution in [0.1, 0.15) is 30.6 Å². The van der Waals surface area contributed by atoms with E-state index in [4.69, 9.17) is 11.6 Å². The number of alkyl halides is 1. The van der Waals surface area contributed by atoms with Crippen LogP contribution in [0.2, 0.25) is 5.02 Å². The highest BCUT2D eigenvalue weighted by Crippen LogP contribution is 2.19. The van der Waals surface area contributed by atoms with Crippen molar-refractivity contribution in [3.63, 3.8) is 0 Å². The Morgan fingerprint density at radius 1 is 1.53 bits per heavy atom. The van der Waals surface area contributed by atoms with Crippen LogP contribution in [0.25, 0.3) is 0 Å². The average Bonchev–Trinajstić information content (AvgIpc) is 2.20. The summed E-state index contributed by atoms with van der Waals surface area (Å²) in [6, 6.07) is 4.19. The summed E-state index contributed by atoms with van der Waals surface area (Å²) in [4.78, 5) is 12.1. The summed E-state index contributed by atoms with van der Waals surface area (Å²) in [5.41, 5.74) is 0.167. The molecule has 2 nitrogen and oxygen atoms in total. The maximum atomic E-state index is 13.2. The Hall–Kier alpha value is -0.610. The number of nitrogens with one attached hydrogen (secondary N) is 1. The molecule has 0 heterocycles. The largest absolute Gasteiger partial charge is 0.349 e. The zero-order valence-electron chi connectivity index (χ0n) is 9.64. The summed E-state index contributed by atoms with van der Waals surface area (Å²) in [6.07, 6.45) is 0.790. The molecule has 1 aromatic rings. The Kier molecular flexibility index (Phi) is 5.40. The molecule has 2 unspecified atom stereocenters. The van der Waals surface area contributed by atoms with Crippen molar-refractivity contribution < 1.29 is 9.18 Å². The van der Waals surface area contributed by atoms with Crippen LogP contribution in [0.4, 0.5) is 4.39 Å². The van der Waals surface area contributed by atoms with Crippen molar-refractivity contribution in [1.29, 1.82) is 0 Å². The molecule has 0 fully saturated rings. The van der Waals surface area contributed by atoms with E-state index in [0.717, 1.165) is 6.42 Å². The van der Waals surface area contributed by atoms with Crippen LogP contribution in [0.5, 0.6) is 0 Å². The monoisotopic (exact) mass is 321 g/mol. The number of carbonyl (C=O) groups is 1. The zero-order chi connectivity index (χ0) is 13.0. The van der Waals surface area contributed by atoms with E-state index < -0.39 is 5.82 Å². The SMILES string of the molecule is CC(Br)CC(C)NC(=O)c1cccc(F)c1Cl. The highest BCUT2D eigenvalue weighted by molar-refractivity contribution is 9.09. The molecule has 0 aliphatic carbocycles. The van der Waals surface area contributed by atoms with Gasteiger partial charge in [-0.05, 0) is 25.5 Å². The van der Waals surface area contributed by atoms with Gasteiger partial charge in [0.2, 0.25) is 0 Å². The van der Waals surface area contributed by atoms with Crippen molar-refractivity contribution in [3.05, 3.63) is 34.6 Å². The predicted molar refractivity (Wildman–Crippen MR) is 71.3 cm³/mol. The van der Waals surface area contributed by atoms with Crippen molar-refractivity contribution in [2.45, 2.75) is 31.1 Å². The minimum atomic E-state index is -0.583. The lowest BCUT2D eigenvalue weighted by Gasteiger charge is -2.15. The molecule has 0 radical (unpaired) electrons. The number of halogens is 3. The molecule has 1 aromatic carbocycles. The quantitative estimate of drug-likeness (QED) is 0.840. The number of hydrogen-bond donors (Lipinski definition) is 1. The van der Waals surface area contributed by atoms with E-state index in [1.807, 2.05) is 13.8 Å². The molecule has 5 heteroatoms. The van der Waals surface area contributed by atoms with Gasteiger partial charge in [-0.2, -0.15) is 0 Å². The lowest BCUT2D eigenvalue weighted by Crippen LogP contribution is -2.34. The zero-order valence-corrected chi connectivity index (χ0v) is 12.0. The molecule has 1 amide bonds. The first-order valence-corrected chi connectivity index (χ1v) is 6.60. The molecule has 0 aromatic heterocycles. The summed E-state index contributed by atoms with van der Waals surface area (Å²) >= 11 is 9.14. The number of benzene rings is 1. The summed E-state index contributed by atoms with van der Waals surface area (Å²) in [7, 11) is 0. The highest BCUT2D eigenvalue weighted by Gasteiger charge is 2.16. The fourth-order valence-electron chi connectivity index (χ4n) is 1.53. The summed E-state index contributed by atoms with van der Waals surface area (Å²) in [5.74, 6) is -0.934. The van der Waals surface area contributed by atoms with E-state index in [1.165, 1.54) is 18.2 Å². The summed E-state index contributed by atoms with van der Waals surface area (Å²) in [6.45, 7) is 3.89. The number of amides is 1. The Morgan fingerprint density at radius 2 is 2.18 bits per heavy atom. The Labute approximate surface area is 114 Å². The van der Waals surface area contributed by atoms with Gasteiger partial charge in [-0.25, -0.2) is 4.39 Å². The van der Waals surface area contributed by atoms with Crippen LogP contribution in [-0.2, 0) is 0 Å². The topological polar surface area (TPSA) is 29.1 Å². The standard InChI is InChI=1S/C12H14BrClFNO/c1-7(13)6-8(2)16-12(17)9-4-3-5-10(15)11(9)14/h3-5,7-8H,6H2,1-2H3,(H,16,17). The molecule has 0 spiro atoms. The Bertz CT molecular complexity index is 411. The van der Waals surface area contributed by atoms with E-state index >= 15 is 0 Å². The van der Waals surface area contributed by atoms with Crippen molar-refractivity contribution in [1.82, 2.24) is 5.32 Å². The molecule has 0 saturated carbocycles. The molecule has 94 valence electrons. The van der Waals surface area contributed by atoms with Crippen molar-refractivity contribution in [2.75, 3.05) is 0 Å². The van der Waals surface area contributed by atoms with Crippen LogP contribution in [0, 0.1) is 5.82 Å². The molecular weight excluding hydrogens is 308 g/mol. The van der Waals surface area contributed by atoms with Gasteiger partial charge in [-0.15, -0.1) is 0 Å². The van der Waals surface area contributed by atoms with Crippen molar-refractivity contribution >= 4 is 33.4 Å². The van der Waals surface area contributed by atoms with Crippen molar-refractivity contribution in [2.24, 2.45) is 0 Å². The second-order valence-electron chi connectivity index (χ2n) is 3.99. The first kappa shape index (κ1) is 14.5. The van der Waals surface area contributed by atoms with Crippen LogP contribution >= 0.6 is 27.5 Å². The van der Waals surface area contributed by atoms with Gasteiger partial charge in [-0.1, -0.05) is 40.5 Å². The fourth-order valence-corrected chi connectivity index (χ4v) is 2.30. The lowest BCUT2D eigenvalue weighted by molar-refractivity contribution is 0.0938. The lowest BCUT2D eigenvalue weighted by atomic mass is 10.1.